The highest BCUT2D eigenvalue weighted by Gasteiger charge is 2.31. The van der Waals surface area contributed by atoms with Gasteiger partial charge in [0.15, 0.2) is 0 Å². The van der Waals surface area contributed by atoms with Crippen molar-refractivity contribution in [3.63, 3.8) is 0 Å². The van der Waals surface area contributed by atoms with Crippen LogP contribution < -0.4 is 16.0 Å². The zero-order chi connectivity index (χ0) is 17.0. The average molecular weight is 335 g/mol. The van der Waals surface area contributed by atoms with E-state index in [1.807, 2.05) is 31.2 Å². The van der Waals surface area contributed by atoms with Crippen molar-refractivity contribution in [3.8, 4) is 0 Å². The molecular formula is C16H21N3O3S. The van der Waals surface area contributed by atoms with E-state index in [-0.39, 0.29) is 18.4 Å². The molecule has 23 heavy (non-hydrogen) atoms. The van der Waals surface area contributed by atoms with Crippen LogP contribution >= 0.6 is 11.8 Å². The molecule has 4 amide bonds. The van der Waals surface area contributed by atoms with Gasteiger partial charge in [-0.3, -0.25) is 14.9 Å². The predicted octanol–water partition coefficient (Wildman–Crippen LogP) is 1.96. The highest BCUT2D eigenvalue weighted by molar-refractivity contribution is 7.99. The molecule has 1 aliphatic rings. The lowest BCUT2D eigenvalue weighted by Crippen LogP contribution is -2.37. The van der Waals surface area contributed by atoms with Crippen molar-refractivity contribution in [1.29, 1.82) is 0 Å². The molecule has 0 radical (unpaired) electrons. The number of amides is 4. The van der Waals surface area contributed by atoms with Gasteiger partial charge in [0.2, 0.25) is 5.91 Å². The van der Waals surface area contributed by atoms with Crippen LogP contribution in [0.4, 0.5) is 4.79 Å². The summed E-state index contributed by atoms with van der Waals surface area (Å²) < 4.78 is 0. The van der Waals surface area contributed by atoms with Crippen LogP contribution in [0.1, 0.15) is 38.8 Å². The van der Waals surface area contributed by atoms with E-state index in [0.29, 0.717) is 5.25 Å². The molecule has 0 bridgehead atoms. The molecule has 0 aliphatic carbocycles. The molecule has 1 heterocycles. The number of carbonyl (C=O) groups is 3. The average Bonchev–Trinajstić information content (AvgIpc) is 2.76. The van der Waals surface area contributed by atoms with E-state index in [0.717, 1.165) is 5.56 Å². The lowest BCUT2D eigenvalue weighted by atomic mass is 10.1. The summed E-state index contributed by atoms with van der Waals surface area (Å²) in [4.78, 5) is 35.6. The summed E-state index contributed by atoms with van der Waals surface area (Å²) in [6.07, 6.45) is -0.0663. The number of thioether (sulfide) groups is 1. The maximum atomic E-state index is 12.0. The second-order valence-electron chi connectivity index (χ2n) is 5.74. The largest absolute Gasteiger partial charge is 0.350 e. The van der Waals surface area contributed by atoms with Crippen molar-refractivity contribution in [3.05, 3.63) is 29.8 Å². The summed E-state index contributed by atoms with van der Waals surface area (Å²) in [7, 11) is 0. The first-order valence-electron chi connectivity index (χ1n) is 7.52. The van der Waals surface area contributed by atoms with Gasteiger partial charge < -0.3 is 10.6 Å². The lowest BCUT2D eigenvalue weighted by Gasteiger charge is -2.16. The van der Waals surface area contributed by atoms with Crippen LogP contribution in [0.2, 0.25) is 0 Å². The Labute approximate surface area is 139 Å². The molecule has 1 aromatic rings. The van der Waals surface area contributed by atoms with Crippen molar-refractivity contribution in [2.24, 2.45) is 0 Å². The number of urea groups is 1. The van der Waals surface area contributed by atoms with Crippen molar-refractivity contribution >= 4 is 29.6 Å². The van der Waals surface area contributed by atoms with Crippen LogP contribution in [0.5, 0.6) is 0 Å². The zero-order valence-electron chi connectivity index (χ0n) is 13.4. The standard InChI is InChI=1S/C16H21N3O3S/c1-9(2)23-12-6-4-11(5-7-12)10(3)17-14(20)8-13-15(21)19-16(22)18-13/h4-7,9-10,13H,8H2,1-3H3,(H,17,20)(H2,18,19,21,22)/t10-,13-/m0/s1. The summed E-state index contributed by atoms with van der Waals surface area (Å²) in [5.41, 5.74) is 0.992. The Bertz CT molecular complexity index is 601. The third-order valence-corrected chi connectivity index (χ3v) is 4.39. The summed E-state index contributed by atoms with van der Waals surface area (Å²) in [6.45, 7) is 6.16. The molecule has 7 heteroatoms. The van der Waals surface area contributed by atoms with Gasteiger partial charge in [-0.1, -0.05) is 26.0 Å². The summed E-state index contributed by atoms with van der Waals surface area (Å²) in [6, 6.07) is 6.53. The molecule has 2 atom stereocenters. The van der Waals surface area contributed by atoms with Crippen LogP contribution in [0.15, 0.2) is 29.2 Å². The van der Waals surface area contributed by atoms with Gasteiger partial charge >= 0.3 is 6.03 Å². The fourth-order valence-electron chi connectivity index (χ4n) is 2.28. The molecular weight excluding hydrogens is 314 g/mol. The minimum atomic E-state index is -0.792. The number of hydrogen-bond acceptors (Lipinski definition) is 4. The summed E-state index contributed by atoms with van der Waals surface area (Å²) in [5, 5.41) is 7.88. The van der Waals surface area contributed by atoms with E-state index >= 15 is 0 Å². The molecule has 1 aliphatic heterocycles. The highest BCUT2D eigenvalue weighted by Crippen LogP contribution is 2.24. The van der Waals surface area contributed by atoms with Gasteiger partial charge in [0, 0.05) is 10.1 Å². The normalized spacial score (nSPS) is 18.5. The molecule has 1 saturated heterocycles. The van der Waals surface area contributed by atoms with Gasteiger partial charge in [-0.25, -0.2) is 4.79 Å². The summed E-state index contributed by atoms with van der Waals surface area (Å²) >= 11 is 1.78. The number of hydrogen-bond donors (Lipinski definition) is 3. The second kappa shape index (κ2) is 7.50. The number of benzene rings is 1. The fraction of sp³-hybridized carbons (Fsp3) is 0.438. The van der Waals surface area contributed by atoms with Gasteiger partial charge in [0.05, 0.1) is 12.5 Å². The number of carbonyl (C=O) groups excluding carboxylic acids is 3. The Kier molecular flexibility index (Phi) is 5.65. The predicted molar refractivity (Wildman–Crippen MR) is 89.1 cm³/mol. The van der Waals surface area contributed by atoms with Crippen LogP contribution in [-0.2, 0) is 9.59 Å². The fourth-order valence-corrected chi connectivity index (χ4v) is 3.12. The minimum absolute atomic E-state index is 0.0663. The molecule has 0 spiro atoms. The van der Waals surface area contributed by atoms with E-state index in [9.17, 15) is 14.4 Å². The van der Waals surface area contributed by atoms with E-state index in [1.54, 1.807) is 11.8 Å². The Hall–Kier alpha value is -2.02. The van der Waals surface area contributed by atoms with E-state index in [2.05, 4.69) is 29.8 Å². The van der Waals surface area contributed by atoms with Gasteiger partial charge in [0.1, 0.15) is 6.04 Å². The smallest absolute Gasteiger partial charge is 0.322 e. The van der Waals surface area contributed by atoms with E-state index < -0.39 is 18.0 Å². The first-order valence-corrected chi connectivity index (χ1v) is 8.40. The van der Waals surface area contributed by atoms with Crippen molar-refractivity contribution in [2.75, 3.05) is 0 Å². The maximum Gasteiger partial charge on any atom is 0.322 e. The second-order valence-corrected chi connectivity index (χ2v) is 7.39. The topological polar surface area (TPSA) is 87.3 Å². The molecule has 6 nitrogen and oxygen atoms in total. The van der Waals surface area contributed by atoms with Crippen LogP contribution in [-0.4, -0.2) is 29.1 Å². The number of rotatable bonds is 6. The van der Waals surface area contributed by atoms with E-state index in [4.69, 9.17) is 0 Å². The summed E-state index contributed by atoms with van der Waals surface area (Å²) in [5.74, 6) is -0.742. The third kappa shape index (κ3) is 4.99. The molecule has 0 aromatic heterocycles. The third-order valence-electron chi connectivity index (χ3n) is 3.38. The molecule has 3 N–H and O–H groups in total. The SMILES string of the molecule is CC(C)Sc1ccc([C@H](C)NC(=O)C[C@@H]2NC(=O)NC2=O)cc1. The highest BCUT2D eigenvalue weighted by atomic mass is 32.2. The Morgan fingerprint density at radius 1 is 1.22 bits per heavy atom. The maximum absolute atomic E-state index is 12.0. The van der Waals surface area contributed by atoms with Crippen LogP contribution in [0, 0.1) is 0 Å². The van der Waals surface area contributed by atoms with Crippen molar-refractivity contribution in [2.45, 2.75) is 49.4 Å². The monoisotopic (exact) mass is 335 g/mol. The van der Waals surface area contributed by atoms with E-state index in [1.165, 1.54) is 4.90 Å². The lowest BCUT2D eigenvalue weighted by molar-refractivity contribution is -0.126. The van der Waals surface area contributed by atoms with Crippen LogP contribution in [0.25, 0.3) is 0 Å². The number of imide groups is 1. The molecule has 124 valence electrons. The van der Waals surface area contributed by atoms with Crippen LogP contribution in [0.3, 0.4) is 0 Å². The first kappa shape index (κ1) is 17.3. The van der Waals surface area contributed by atoms with Gasteiger partial charge in [-0.2, -0.15) is 0 Å². The van der Waals surface area contributed by atoms with Crippen molar-refractivity contribution in [1.82, 2.24) is 16.0 Å². The van der Waals surface area contributed by atoms with Gasteiger partial charge in [0.25, 0.3) is 5.91 Å². The Balaban J connectivity index is 1.88. The Morgan fingerprint density at radius 3 is 2.39 bits per heavy atom. The van der Waals surface area contributed by atoms with Gasteiger partial charge in [-0.15, -0.1) is 11.8 Å². The molecule has 2 rings (SSSR count). The van der Waals surface area contributed by atoms with Gasteiger partial charge in [-0.05, 0) is 24.6 Å². The molecule has 1 fully saturated rings. The minimum Gasteiger partial charge on any atom is -0.350 e. The molecule has 0 unspecified atom stereocenters. The Morgan fingerprint density at radius 2 is 1.87 bits per heavy atom. The molecule has 1 aromatic carbocycles. The van der Waals surface area contributed by atoms with Crippen molar-refractivity contribution < 1.29 is 14.4 Å². The number of nitrogens with one attached hydrogen (secondary N) is 3. The first-order chi connectivity index (χ1) is 10.8. The zero-order valence-corrected chi connectivity index (χ0v) is 14.2. The molecule has 0 saturated carbocycles. The quantitative estimate of drug-likeness (QED) is 0.548.